The molecule has 1 aromatic carbocycles. The van der Waals surface area contributed by atoms with Gasteiger partial charge in [0.1, 0.15) is 11.5 Å². The minimum atomic E-state index is -0.297. The maximum atomic E-state index is 11.3. The highest BCUT2D eigenvalue weighted by Crippen LogP contribution is 2.25. The monoisotopic (exact) mass is 351 g/mol. The van der Waals surface area contributed by atoms with Crippen LogP contribution in [0.4, 0.5) is 0 Å². The van der Waals surface area contributed by atoms with E-state index in [9.17, 15) is 4.79 Å². The van der Waals surface area contributed by atoms with Gasteiger partial charge in [0, 0.05) is 6.54 Å². The molecule has 0 saturated carbocycles. The minimum Gasteiger partial charge on any atom is -0.497 e. The smallest absolute Gasteiger partial charge is 0.316 e. The van der Waals surface area contributed by atoms with Crippen molar-refractivity contribution in [3.8, 4) is 11.5 Å². The van der Waals surface area contributed by atoms with Gasteiger partial charge >= 0.3 is 5.97 Å². The Morgan fingerprint density at radius 3 is 2.46 bits per heavy atom. The molecule has 0 saturated heterocycles. The van der Waals surface area contributed by atoms with Gasteiger partial charge in [-0.25, -0.2) is 0 Å². The van der Waals surface area contributed by atoms with Crippen molar-refractivity contribution in [3.63, 3.8) is 0 Å². The average Bonchev–Trinajstić information content (AvgIpc) is 3.03. The van der Waals surface area contributed by atoms with E-state index in [0.29, 0.717) is 17.5 Å². The molecule has 8 heteroatoms. The molecule has 1 aromatic heterocycles. The molecule has 0 bridgehead atoms. The molecule has 24 heavy (non-hydrogen) atoms. The van der Waals surface area contributed by atoms with Gasteiger partial charge < -0.3 is 18.8 Å². The highest BCUT2D eigenvalue weighted by atomic mass is 32.2. The van der Waals surface area contributed by atoms with Crippen molar-refractivity contribution in [2.45, 2.75) is 31.7 Å². The van der Waals surface area contributed by atoms with Crippen molar-refractivity contribution in [1.82, 2.24) is 14.8 Å². The lowest BCUT2D eigenvalue weighted by molar-refractivity contribution is -0.137. The Bertz CT molecular complexity index is 672. The fourth-order valence-corrected chi connectivity index (χ4v) is 2.94. The first-order valence-corrected chi connectivity index (χ1v) is 8.51. The zero-order valence-electron chi connectivity index (χ0n) is 14.2. The number of aromatic nitrogens is 3. The van der Waals surface area contributed by atoms with E-state index in [1.54, 1.807) is 7.11 Å². The van der Waals surface area contributed by atoms with Crippen molar-refractivity contribution in [1.29, 1.82) is 0 Å². The lowest BCUT2D eigenvalue weighted by Crippen LogP contribution is -2.12. The number of methoxy groups -OCH3 is 2. The summed E-state index contributed by atoms with van der Waals surface area (Å²) in [6.45, 7) is 4.59. The average molecular weight is 351 g/mol. The Balaban J connectivity index is 2.09. The zero-order chi connectivity index (χ0) is 17.5. The minimum absolute atomic E-state index is 0.197. The number of ether oxygens (including phenoxy) is 3. The highest BCUT2D eigenvalue weighted by molar-refractivity contribution is 7.99. The fourth-order valence-electron chi connectivity index (χ4n) is 2.10. The summed E-state index contributed by atoms with van der Waals surface area (Å²) in [5.74, 6) is 2.10. The van der Waals surface area contributed by atoms with Crippen molar-refractivity contribution in [2.24, 2.45) is 0 Å². The van der Waals surface area contributed by atoms with Crippen LogP contribution in [0.5, 0.6) is 11.5 Å². The maximum absolute atomic E-state index is 11.3. The van der Waals surface area contributed by atoms with Crippen molar-refractivity contribution in [3.05, 3.63) is 30.1 Å². The molecule has 130 valence electrons. The topological polar surface area (TPSA) is 75.5 Å². The molecule has 7 nitrogen and oxygen atoms in total. The van der Waals surface area contributed by atoms with Crippen molar-refractivity contribution in [2.75, 3.05) is 20.0 Å². The Morgan fingerprint density at radius 1 is 1.21 bits per heavy atom. The molecule has 0 fully saturated rings. The summed E-state index contributed by atoms with van der Waals surface area (Å²) in [4.78, 5) is 11.3. The van der Waals surface area contributed by atoms with Gasteiger partial charge in [-0.3, -0.25) is 4.79 Å². The van der Waals surface area contributed by atoms with Crippen LogP contribution < -0.4 is 9.47 Å². The van der Waals surface area contributed by atoms with Crippen LogP contribution in [-0.2, 0) is 16.1 Å². The maximum Gasteiger partial charge on any atom is 0.316 e. The molecular formula is C16H21N3O4S. The van der Waals surface area contributed by atoms with Crippen LogP contribution >= 0.6 is 11.8 Å². The van der Waals surface area contributed by atoms with E-state index in [0.717, 1.165) is 11.5 Å². The molecule has 0 aliphatic rings. The molecule has 1 atom stereocenters. The number of esters is 1. The number of carbonyl (C=O) groups excluding carboxylic acids is 1. The predicted octanol–water partition coefficient (Wildman–Crippen LogP) is 2.71. The third kappa shape index (κ3) is 4.41. The Hall–Kier alpha value is -2.22. The van der Waals surface area contributed by atoms with Crippen LogP contribution in [-0.4, -0.2) is 40.7 Å². The van der Waals surface area contributed by atoms with E-state index in [-0.39, 0.29) is 17.8 Å². The molecule has 2 rings (SSSR count). The number of rotatable bonds is 8. The quantitative estimate of drug-likeness (QED) is 0.534. The van der Waals surface area contributed by atoms with Gasteiger partial charge in [-0.05, 0) is 38.1 Å². The number of nitrogens with zero attached hydrogens (tertiary/aromatic N) is 3. The molecule has 0 aliphatic carbocycles. The molecule has 1 heterocycles. The first kappa shape index (κ1) is 18.1. The Kier molecular flexibility index (Phi) is 6.48. The lowest BCUT2D eigenvalue weighted by atomic mass is 10.3. The van der Waals surface area contributed by atoms with E-state index in [1.165, 1.54) is 18.9 Å². The standard InChI is InChI=1S/C16H21N3O4S/c1-5-19-15(17-18-16(19)24-10-14(20)22-4)11(2)23-13-8-6-12(21-3)7-9-13/h6-9,11H,5,10H2,1-4H3. The summed E-state index contributed by atoms with van der Waals surface area (Å²) in [6.07, 6.45) is -0.279. The van der Waals surface area contributed by atoms with Crippen molar-refractivity contribution >= 4 is 17.7 Å². The summed E-state index contributed by atoms with van der Waals surface area (Å²) < 4.78 is 17.6. The molecular weight excluding hydrogens is 330 g/mol. The van der Waals surface area contributed by atoms with E-state index in [4.69, 9.17) is 9.47 Å². The third-order valence-electron chi connectivity index (χ3n) is 3.34. The predicted molar refractivity (Wildman–Crippen MR) is 90.5 cm³/mol. The molecule has 0 N–H and O–H groups in total. The summed E-state index contributed by atoms with van der Waals surface area (Å²) in [7, 11) is 2.99. The Labute approximate surface area is 145 Å². The summed E-state index contributed by atoms with van der Waals surface area (Å²) in [5.41, 5.74) is 0. The second kappa shape index (κ2) is 8.58. The van der Waals surface area contributed by atoms with E-state index >= 15 is 0 Å². The third-order valence-corrected chi connectivity index (χ3v) is 4.28. The molecule has 0 spiro atoms. The molecule has 2 aromatic rings. The van der Waals surface area contributed by atoms with Crippen LogP contribution in [0.3, 0.4) is 0 Å². The van der Waals surface area contributed by atoms with Crippen LogP contribution in [0.25, 0.3) is 0 Å². The van der Waals surface area contributed by atoms with Gasteiger partial charge in [0.05, 0.1) is 20.0 Å². The fraction of sp³-hybridized carbons (Fsp3) is 0.438. The van der Waals surface area contributed by atoms with Crippen LogP contribution in [0, 0.1) is 0 Å². The van der Waals surface area contributed by atoms with E-state index < -0.39 is 0 Å². The highest BCUT2D eigenvalue weighted by Gasteiger charge is 2.19. The number of carbonyl (C=O) groups is 1. The zero-order valence-corrected chi connectivity index (χ0v) is 15.0. The summed E-state index contributed by atoms with van der Waals surface area (Å²) >= 11 is 1.30. The largest absolute Gasteiger partial charge is 0.497 e. The van der Waals surface area contributed by atoms with Crippen molar-refractivity contribution < 1.29 is 19.0 Å². The van der Waals surface area contributed by atoms with Crippen LogP contribution in [0.2, 0.25) is 0 Å². The second-order valence-corrected chi connectivity index (χ2v) is 5.83. The normalized spacial score (nSPS) is 11.8. The lowest BCUT2D eigenvalue weighted by Gasteiger charge is -2.15. The van der Waals surface area contributed by atoms with Gasteiger partial charge in [0.2, 0.25) is 0 Å². The van der Waals surface area contributed by atoms with Gasteiger partial charge in [-0.1, -0.05) is 11.8 Å². The first-order valence-electron chi connectivity index (χ1n) is 7.52. The molecule has 1 unspecified atom stereocenters. The van der Waals surface area contributed by atoms with Crippen LogP contribution in [0.1, 0.15) is 25.8 Å². The second-order valence-electron chi connectivity index (χ2n) is 4.89. The number of benzene rings is 1. The number of hydrogen-bond acceptors (Lipinski definition) is 7. The first-order chi connectivity index (χ1) is 11.6. The number of hydrogen-bond donors (Lipinski definition) is 0. The van der Waals surface area contributed by atoms with E-state index in [1.807, 2.05) is 42.7 Å². The van der Waals surface area contributed by atoms with Crippen LogP contribution in [0.15, 0.2) is 29.4 Å². The molecule has 0 aliphatic heterocycles. The molecule has 0 radical (unpaired) electrons. The SMILES string of the molecule is CCn1c(SCC(=O)OC)nnc1C(C)Oc1ccc(OC)cc1. The van der Waals surface area contributed by atoms with Gasteiger partial charge in [0.25, 0.3) is 0 Å². The van der Waals surface area contributed by atoms with Gasteiger partial charge in [-0.2, -0.15) is 0 Å². The van der Waals surface area contributed by atoms with Gasteiger partial charge in [-0.15, -0.1) is 10.2 Å². The number of thioether (sulfide) groups is 1. The Morgan fingerprint density at radius 2 is 1.88 bits per heavy atom. The van der Waals surface area contributed by atoms with E-state index in [2.05, 4.69) is 14.9 Å². The molecule has 0 amide bonds. The summed E-state index contributed by atoms with van der Waals surface area (Å²) in [6, 6.07) is 7.36. The summed E-state index contributed by atoms with van der Waals surface area (Å²) in [5, 5.41) is 9.03. The van der Waals surface area contributed by atoms with Gasteiger partial charge in [0.15, 0.2) is 17.1 Å².